The van der Waals surface area contributed by atoms with Crippen molar-refractivity contribution < 1.29 is 23.5 Å². The number of halogens is 1. The zero-order valence-corrected chi connectivity index (χ0v) is 16.4. The Labute approximate surface area is 172 Å². The van der Waals surface area contributed by atoms with E-state index in [-0.39, 0.29) is 24.2 Å². The molecule has 7 nitrogen and oxygen atoms in total. The Morgan fingerprint density at radius 1 is 1.10 bits per heavy atom. The lowest BCUT2D eigenvalue weighted by Crippen LogP contribution is -2.50. The highest BCUT2D eigenvalue weighted by Crippen LogP contribution is 2.36. The lowest BCUT2D eigenvalue weighted by molar-refractivity contribution is -0.125. The third kappa shape index (κ3) is 3.08. The third-order valence-electron chi connectivity index (χ3n) is 5.83. The molecular weight excluding hydrogens is 389 g/mol. The van der Waals surface area contributed by atoms with E-state index < -0.39 is 11.4 Å². The van der Waals surface area contributed by atoms with Crippen LogP contribution >= 0.6 is 0 Å². The number of carbonyl (C=O) groups is 2. The van der Waals surface area contributed by atoms with Crippen molar-refractivity contribution in [2.45, 2.75) is 25.3 Å². The van der Waals surface area contributed by atoms with Gasteiger partial charge in [0.25, 0.3) is 11.8 Å². The smallest absolute Gasteiger partial charge is 0.253 e. The van der Waals surface area contributed by atoms with Crippen LogP contribution in [0.4, 0.5) is 4.39 Å². The fourth-order valence-electron chi connectivity index (χ4n) is 4.24. The summed E-state index contributed by atoms with van der Waals surface area (Å²) in [5, 5.41) is 2.74. The van der Waals surface area contributed by atoms with Gasteiger partial charge in [0.2, 0.25) is 6.79 Å². The maximum atomic E-state index is 14.4. The van der Waals surface area contributed by atoms with E-state index in [2.05, 4.69) is 10.3 Å². The molecule has 0 bridgehead atoms. The number of likely N-dealkylation sites (tertiary alicyclic amines) is 1. The highest BCUT2D eigenvalue weighted by Gasteiger charge is 2.45. The van der Waals surface area contributed by atoms with Gasteiger partial charge < -0.3 is 19.7 Å². The van der Waals surface area contributed by atoms with Crippen molar-refractivity contribution in [1.82, 2.24) is 10.2 Å². The van der Waals surface area contributed by atoms with Crippen molar-refractivity contribution in [3.8, 4) is 22.6 Å². The molecule has 154 valence electrons. The fraction of sp³-hybridized carbons (Fsp3) is 0.318. The molecule has 2 aromatic rings. The molecule has 3 heterocycles. The standard InChI is InChI=1S/C22H20FN3O4/c1-13-24-21(28)22(25-13)4-6-26(7-5-22)20(27)16-8-15(9-17(23)10-16)14-2-3-18-19(11-14)30-12-29-18/h2-3,8-11H,4-7,12H2,1H3,(H,24,25,28). The average molecular weight is 409 g/mol. The van der Waals surface area contributed by atoms with Crippen LogP contribution in [-0.4, -0.2) is 48.0 Å². The van der Waals surface area contributed by atoms with Gasteiger partial charge >= 0.3 is 0 Å². The van der Waals surface area contributed by atoms with Crippen LogP contribution < -0.4 is 14.8 Å². The molecular formula is C22H20FN3O4. The van der Waals surface area contributed by atoms with Crippen molar-refractivity contribution in [3.63, 3.8) is 0 Å². The summed E-state index contributed by atoms with van der Waals surface area (Å²) in [4.78, 5) is 31.4. The molecule has 0 unspecified atom stereocenters. The quantitative estimate of drug-likeness (QED) is 0.827. The van der Waals surface area contributed by atoms with Gasteiger partial charge in [0, 0.05) is 18.7 Å². The molecule has 2 aromatic carbocycles. The molecule has 1 fully saturated rings. The van der Waals surface area contributed by atoms with Gasteiger partial charge in [-0.25, -0.2) is 4.39 Å². The maximum absolute atomic E-state index is 14.4. The van der Waals surface area contributed by atoms with Crippen LogP contribution in [0.25, 0.3) is 11.1 Å². The molecule has 1 spiro atoms. The summed E-state index contributed by atoms with van der Waals surface area (Å²) < 4.78 is 25.1. The first-order valence-electron chi connectivity index (χ1n) is 9.81. The van der Waals surface area contributed by atoms with E-state index >= 15 is 0 Å². The zero-order valence-electron chi connectivity index (χ0n) is 16.4. The van der Waals surface area contributed by atoms with Gasteiger partial charge in [-0.1, -0.05) is 6.07 Å². The van der Waals surface area contributed by atoms with E-state index in [1.807, 2.05) is 0 Å². The molecule has 0 aromatic heterocycles. The number of rotatable bonds is 2. The van der Waals surface area contributed by atoms with Gasteiger partial charge in [-0.15, -0.1) is 0 Å². The van der Waals surface area contributed by atoms with Crippen molar-refractivity contribution in [2.24, 2.45) is 4.99 Å². The second kappa shape index (κ2) is 6.83. The first kappa shape index (κ1) is 18.6. The summed E-state index contributed by atoms with van der Waals surface area (Å²) in [6.45, 7) is 2.69. The van der Waals surface area contributed by atoms with E-state index in [9.17, 15) is 14.0 Å². The summed E-state index contributed by atoms with van der Waals surface area (Å²) in [6, 6.07) is 9.66. The van der Waals surface area contributed by atoms with E-state index in [1.54, 1.807) is 36.1 Å². The van der Waals surface area contributed by atoms with E-state index in [4.69, 9.17) is 9.47 Å². The number of piperidine rings is 1. The molecule has 8 heteroatoms. The Balaban J connectivity index is 1.37. The first-order valence-corrected chi connectivity index (χ1v) is 9.81. The van der Waals surface area contributed by atoms with Gasteiger partial charge in [-0.3, -0.25) is 14.6 Å². The fourth-order valence-corrected chi connectivity index (χ4v) is 4.24. The minimum absolute atomic E-state index is 0.108. The molecule has 3 aliphatic rings. The number of hydrogen-bond donors (Lipinski definition) is 1. The van der Waals surface area contributed by atoms with Gasteiger partial charge in [0.1, 0.15) is 17.2 Å². The van der Waals surface area contributed by atoms with E-state index in [0.717, 1.165) is 5.56 Å². The van der Waals surface area contributed by atoms with Crippen LogP contribution in [-0.2, 0) is 4.79 Å². The largest absolute Gasteiger partial charge is 0.454 e. The topological polar surface area (TPSA) is 80.2 Å². The second-order valence-electron chi connectivity index (χ2n) is 7.77. The zero-order chi connectivity index (χ0) is 20.9. The minimum Gasteiger partial charge on any atom is -0.454 e. The summed E-state index contributed by atoms with van der Waals surface area (Å²) >= 11 is 0. The van der Waals surface area contributed by atoms with Crippen LogP contribution in [0.5, 0.6) is 11.5 Å². The summed E-state index contributed by atoms with van der Waals surface area (Å²) in [5.41, 5.74) is 0.813. The predicted molar refractivity (Wildman–Crippen MR) is 107 cm³/mol. The number of nitrogens with one attached hydrogen (secondary N) is 1. The molecule has 30 heavy (non-hydrogen) atoms. The van der Waals surface area contributed by atoms with Crippen LogP contribution in [0.3, 0.4) is 0 Å². The lowest BCUT2D eigenvalue weighted by Gasteiger charge is -2.35. The normalized spacial score (nSPS) is 19.1. The highest BCUT2D eigenvalue weighted by molar-refractivity contribution is 6.07. The Morgan fingerprint density at radius 3 is 2.60 bits per heavy atom. The monoisotopic (exact) mass is 409 g/mol. The highest BCUT2D eigenvalue weighted by atomic mass is 19.1. The number of benzene rings is 2. The number of carbonyl (C=O) groups excluding carboxylic acids is 2. The van der Waals surface area contributed by atoms with Crippen molar-refractivity contribution in [3.05, 3.63) is 47.8 Å². The van der Waals surface area contributed by atoms with Crippen LogP contribution in [0.1, 0.15) is 30.1 Å². The predicted octanol–water partition coefficient (Wildman–Crippen LogP) is 2.74. The summed E-state index contributed by atoms with van der Waals surface area (Å²) in [5.74, 6) is 0.989. The Morgan fingerprint density at radius 2 is 1.87 bits per heavy atom. The molecule has 1 saturated heterocycles. The number of hydrogen-bond acceptors (Lipinski definition) is 5. The summed E-state index contributed by atoms with van der Waals surface area (Å²) in [6.07, 6.45) is 0.901. The lowest BCUT2D eigenvalue weighted by atomic mass is 9.87. The third-order valence-corrected chi connectivity index (χ3v) is 5.83. The van der Waals surface area contributed by atoms with Gasteiger partial charge in [0.15, 0.2) is 11.5 Å². The number of amides is 2. The molecule has 0 saturated carbocycles. The molecule has 0 radical (unpaired) electrons. The van der Waals surface area contributed by atoms with Crippen molar-refractivity contribution in [2.75, 3.05) is 19.9 Å². The van der Waals surface area contributed by atoms with Gasteiger partial charge in [-0.2, -0.15) is 0 Å². The second-order valence-corrected chi connectivity index (χ2v) is 7.77. The number of amidine groups is 1. The van der Waals surface area contributed by atoms with Crippen molar-refractivity contribution in [1.29, 1.82) is 0 Å². The summed E-state index contributed by atoms with van der Waals surface area (Å²) in [7, 11) is 0. The number of fused-ring (bicyclic) bond motifs is 1. The maximum Gasteiger partial charge on any atom is 0.253 e. The van der Waals surface area contributed by atoms with Crippen LogP contribution in [0, 0.1) is 5.82 Å². The Hall–Kier alpha value is -3.42. The minimum atomic E-state index is -0.777. The first-order chi connectivity index (χ1) is 14.4. The van der Waals surface area contributed by atoms with Gasteiger partial charge in [-0.05, 0) is 61.2 Å². The van der Waals surface area contributed by atoms with E-state index in [0.29, 0.717) is 48.8 Å². The number of ether oxygens (including phenoxy) is 2. The molecule has 1 N–H and O–H groups in total. The Bertz CT molecular complexity index is 1090. The average Bonchev–Trinajstić information content (AvgIpc) is 3.31. The SMILES string of the molecule is CC1=NC2(CCN(C(=O)c3cc(F)cc(-c4ccc5c(c4)OCO5)c3)CC2)C(=O)N1. The molecule has 2 amide bonds. The molecule has 3 aliphatic heterocycles. The number of nitrogens with zero attached hydrogens (tertiary/aromatic N) is 2. The van der Waals surface area contributed by atoms with Crippen molar-refractivity contribution >= 4 is 17.6 Å². The van der Waals surface area contributed by atoms with E-state index in [1.165, 1.54) is 12.1 Å². The van der Waals surface area contributed by atoms with Gasteiger partial charge in [0.05, 0.1) is 0 Å². The molecule has 0 aliphatic carbocycles. The molecule has 0 atom stereocenters. The van der Waals surface area contributed by atoms with Crippen LogP contribution in [0.15, 0.2) is 41.4 Å². The molecule has 5 rings (SSSR count). The Kier molecular flexibility index (Phi) is 4.23. The number of aliphatic imine (C=N–C) groups is 1. The van der Waals surface area contributed by atoms with Crippen LogP contribution in [0.2, 0.25) is 0 Å².